The fourth-order valence-corrected chi connectivity index (χ4v) is 0.583. The Morgan fingerprint density at radius 1 is 1.31 bits per heavy atom. The van der Waals surface area contributed by atoms with Gasteiger partial charge in [-0.2, -0.15) is 13.2 Å². The summed E-state index contributed by atoms with van der Waals surface area (Å²) in [6.45, 7) is 0. The average molecular weight is 197 g/mol. The Morgan fingerprint density at radius 3 is 2.38 bits per heavy atom. The summed E-state index contributed by atoms with van der Waals surface area (Å²) in [5, 5.41) is 0. The van der Waals surface area contributed by atoms with Gasteiger partial charge in [0.1, 0.15) is 5.69 Å². The third kappa shape index (κ3) is 2.33. The highest BCUT2D eigenvalue weighted by Gasteiger charge is 2.35. The molecule has 0 aromatic carbocycles. The molecule has 0 saturated heterocycles. The molecule has 2 nitrogen and oxygen atoms in total. The van der Waals surface area contributed by atoms with Crippen LogP contribution in [0.2, 0.25) is 0 Å². The lowest BCUT2D eigenvalue weighted by Crippen LogP contribution is -2.12. The molecule has 1 rings (SSSR count). The van der Waals surface area contributed by atoms with E-state index in [1.54, 1.807) is 0 Å². The van der Waals surface area contributed by atoms with Crippen molar-refractivity contribution in [3.8, 4) is 0 Å². The molecular weight excluding hydrogens is 195 g/mol. The van der Waals surface area contributed by atoms with Gasteiger partial charge in [-0.05, 0) is 0 Å². The minimum absolute atomic E-state index is 0.525. The van der Waals surface area contributed by atoms with Gasteiger partial charge in [0, 0.05) is 12.3 Å². The molecule has 7 heteroatoms. The lowest BCUT2D eigenvalue weighted by Gasteiger charge is -2.04. The van der Waals surface area contributed by atoms with Crippen molar-refractivity contribution in [3.05, 3.63) is 23.8 Å². The first kappa shape index (κ1) is 9.82. The Balaban J connectivity index is 3.06. The molecule has 1 heterocycles. The van der Waals surface area contributed by atoms with Crippen molar-refractivity contribution in [2.75, 3.05) is 0 Å². The molecule has 0 unspecified atom stereocenters. The van der Waals surface area contributed by atoms with E-state index < -0.39 is 24.1 Å². The number of hydrogen-bond donors (Lipinski definition) is 0. The summed E-state index contributed by atoms with van der Waals surface area (Å²) in [5.41, 5.74) is -1.05. The molecule has 0 bridgehead atoms. The molecule has 0 atom stereocenters. The van der Waals surface area contributed by atoms with E-state index in [1.165, 1.54) is 0 Å². The topological polar surface area (TPSA) is 25.8 Å². The largest absolute Gasteiger partial charge is 0.451 e. The minimum Gasteiger partial charge on any atom is -0.232 e. The standard InChI is InChI=1S/C6H2F5N2/c7-4(8)3-1-2-12-5(13-3)6(9,10)11/h2,4H. The number of nitrogens with zero attached hydrogens (tertiary/aromatic N) is 2. The van der Waals surface area contributed by atoms with Gasteiger partial charge in [0.25, 0.3) is 6.43 Å². The van der Waals surface area contributed by atoms with Gasteiger partial charge in [0.2, 0.25) is 5.82 Å². The van der Waals surface area contributed by atoms with Crippen LogP contribution in [0.25, 0.3) is 0 Å². The third-order valence-electron chi connectivity index (χ3n) is 1.09. The lowest BCUT2D eigenvalue weighted by molar-refractivity contribution is -0.145. The molecule has 13 heavy (non-hydrogen) atoms. The van der Waals surface area contributed by atoms with Crippen LogP contribution in [0.15, 0.2) is 6.20 Å². The molecule has 0 saturated carbocycles. The van der Waals surface area contributed by atoms with E-state index in [2.05, 4.69) is 9.97 Å². The number of rotatable bonds is 1. The Labute approximate surface area is 69.4 Å². The van der Waals surface area contributed by atoms with Crippen molar-refractivity contribution < 1.29 is 22.0 Å². The van der Waals surface area contributed by atoms with Gasteiger partial charge in [-0.25, -0.2) is 18.7 Å². The Hall–Kier alpha value is -1.27. The predicted molar refractivity (Wildman–Crippen MR) is 30.8 cm³/mol. The first-order valence-electron chi connectivity index (χ1n) is 3.01. The second kappa shape index (κ2) is 3.23. The zero-order valence-corrected chi connectivity index (χ0v) is 5.94. The summed E-state index contributed by atoms with van der Waals surface area (Å²) in [6.07, 6.45) is -7.36. The Morgan fingerprint density at radius 2 is 1.92 bits per heavy atom. The van der Waals surface area contributed by atoms with E-state index in [-0.39, 0.29) is 0 Å². The molecular formula is C6H2F5N2. The number of hydrogen-bond acceptors (Lipinski definition) is 2. The second-order valence-electron chi connectivity index (χ2n) is 2.02. The highest BCUT2D eigenvalue weighted by atomic mass is 19.4. The summed E-state index contributed by atoms with van der Waals surface area (Å²) in [5.74, 6) is -1.58. The quantitative estimate of drug-likeness (QED) is 0.645. The van der Waals surface area contributed by atoms with Crippen molar-refractivity contribution in [3.63, 3.8) is 0 Å². The van der Waals surface area contributed by atoms with E-state index in [0.29, 0.717) is 6.20 Å². The number of alkyl halides is 5. The molecule has 0 aliphatic rings. The van der Waals surface area contributed by atoms with Crippen molar-refractivity contribution in [1.29, 1.82) is 0 Å². The van der Waals surface area contributed by atoms with Crippen molar-refractivity contribution in [1.82, 2.24) is 9.97 Å². The zero-order valence-electron chi connectivity index (χ0n) is 5.94. The fraction of sp³-hybridized carbons (Fsp3) is 0.333. The average Bonchev–Trinajstić information content (AvgIpc) is 2.03. The van der Waals surface area contributed by atoms with Gasteiger partial charge in [0.05, 0.1) is 0 Å². The molecule has 71 valence electrons. The molecule has 0 N–H and O–H groups in total. The van der Waals surface area contributed by atoms with E-state index >= 15 is 0 Å². The first-order valence-corrected chi connectivity index (χ1v) is 3.01. The monoisotopic (exact) mass is 197 g/mol. The summed E-state index contributed by atoms with van der Waals surface area (Å²) in [7, 11) is 0. The third-order valence-corrected chi connectivity index (χ3v) is 1.09. The van der Waals surface area contributed by atoms with Crippen LogP contribution in [0.1, 0.15) is 17.9 Å². The van der Waals surface area contributed by atoms with E-state index in [1.807, 2.05) is 6.07 Å². The molecule has 0 amide bonds. The van der Waals surface area contributed by atoms with Gasteiger partial charge in [-0.3, -0.25) is 0 Å². The normalized spacial score (nSPS) is 12.2. The van der Waals surface area contributed by atoms with Crippen LogP contribution in [0.5, 0.6) is 0 Å². The summed E-state index contributed by atoms with van der Waals surface area (Å²) in [6, 6.07) is 1.81. The predicted octanol–water partition coefficient (Wildman–Crippen LogP) is 2.23. The molecule has 0 fully saturated rings. The van der Waals surface area contributed by atoms with Crippen LogP contribution in [0, 0.1) is 6.07 Å². The van der Waals surface area contributed by atoms with Crippen LogP contribution in [-0.4, -0.2) is 9.97 Å². The van der Waals surface area contributed by atoms with E-state index in [0.717, 1.165) is 0 Å². The van der Waals surface area contributed by atoms with Crippen molar-refractivity contribution in [2.24, 2.45) is 0 Å². The molecule has 0 spiro atoms. The summed E-state index contributed by atoms with van der Waals surface area (Å²) >= 11 is 0. The highest BCUT2D eigenvalue weighted by Crippen LogP contribution is 2.26. The maximum Gasteiger partial charge on any atom is 0.451 e. The summed E-state index contributed by atoms with van der Waals surface area (Å²) in [4.78, 5) is 5.37. The van der Waals surface area contributed by atoms with Crippen LogP contribution < -0.4 is 0 Å². The van der Waals surface area contributed by atoms with Crippen LogP contribution >= 0.6 is 0 Å². The van der Waals surface area contributed by atoms with Crippen LogP contribution in [0.4, 0.5) is 22.0 Å². The number of aromatic nitrogens is 2. The minimum atomic E-state index is -4.81. The maximum atomic E-state index is 11.8. The van der Waals surface area contributed by atoms with Gasteiger partial charge in [-0.15, -0.1) is 0 Å². The number of halogens is 5. The Bertz CT molecular complexity index is 295. The second-order valence-corrected chi connectivity index (χ2v) is 2.02. The van der Waals surface area contributed by atoms with E-state index in [4.69, 9.17) is 0 Å². The zero-order chi connectivity index (χ0) is 10.1. The highest BCUT2D eigenvalue weighted by molar-refractivity contribution is 5.03. The van der Waals surface area contributed by atoms with E-state index in [9.17, 15) is 22.0 Å². The lowest BCUT2D eigenvalue weighted by atomic mass is 10.4. The van der Waals surface area contributed by atoms with Crippen LogP contribution in [-0.2, 0) is 6.18 Å². The first-order chi connectivity index (χ1) is 5.91. The molecule has 0 aliphatic carbocycles. The van der Waals surface area contributed by atoms with Gasteiger partial charge in [0.15, 0.2) is 0 Å². The summed E-state index contributed by atoms with van der Waals surface area (Å²) < 4.78 is 59.2. The van der Waals surface area contributed by atoms with Crippen molar-refractivity contribution in [2.45, 2.75) is 12.6 Å². The Kier molecular flexibility index (Phi) is 2.44. The molecule has 0 aliphatic heterocycles. The smallest absolute Gasteiger partial charge is 0.232 e. The van der Waals surface area contributed by atoms with Gasteiger partial charge in [-0.1, -0.05) is 0 Å². The fourth-order valence-electron chi connectivity index (χ4n) is 0.583. The van der Waals surface area contributed by atoms with Gasteiger partial charge < -0.3 is 0 Å². The van der Waals surface area contributed by atoms with Gasteiger partial charge >= 0.3 is 6.18 Å². The molecule has 1 radical (unpaired) electrons. The molecule has 1 aromatic heterocycles. The maximum absolute atomic E-state index is 11.8. The molecule has 1 aromatic rings. The van der Waals surface area contributed by atoms with Crippen LogP contribution in [0.3, 0.4) is 0 Å². The van der Waals surface area contributed by atoms with Crippen molar-refractivity contribution >= 4 is 0 Å². The SMILES string of the molecule is FC(F)c1[c]cnc(C(F)(F)F)n1.